The number of nitrogens with zero attached hydrogens (tertiary/aromatic N) is 5. The van der Waals surface area contributed by atoms with Crippen LogP contribution in [0.4, 0.5) is 5.13 Å². The first-order valence-electron chi connectivity index (χ1n) is 7.94. The number of hydrogen-bond donors (Lipinski definition) is 0. The summed E-state index contributed by atoms with van der Waals surface area (Å²) in [7, 11) is 3.71. The van der Waals surface area contributed by atoms with Crippen molar-refractivity contribution in [3.63, 3.8) is 0 Å². The molecule has 0 radical (unpaired) electrons. The van der Waals surface area contributed by atoms with E-state index in [1.54, 1.807) is 28.4 Å². The van der Waals surface area contributed by atoms with Crippen LogP contribution < -0.4 is 4.90 Å². The quantitative estimate of drug-likeness (QED) is 0.860. The molecule has 6 nitrogen and oxygen atoms in total. The van der Waals surface area contributed by atoms with Crippen molar-refractivity contribution in [2.24, 2.45) is 13.0 Å². The van der Waals surface area contributed by atoms with Crippen molar-refractivity contribution < 1.29 is 4.79 Å². The third kappa shape index (κ3) is 3.72. The molecule has 1 amide bonds. The summed E-state index contributed by atoms with van der Waals surface area (Å²) < 4.78 is 1.66. The molecule has 0 bridgehead atoms. The Hall–Kier alpha value is -1.89. The van der Waals surface area contributed by atoms with Crippen molar-refractivity contribution >= 4 is 22.4 Å². The summed E-state index contributed by atoms with van der Waals surface area (Å²) in [6.07, 6.45) is 7.54. The summed E-state index contributed by atoms with van der Waals surface area (Å²) in [6, 6.07) is 0. The minimum atomic E-state index is 0.0519. The molecule has 0 aliphatic carbocycles. The molecule has 124 valence electrons. The van der Waals surface area contributed by atoms with E-state index < -0.39 is 0 Å². The van der Waals surface area contributed by atoms with Gasteiger partial charge in [0, 0.05) is 51.0 Å². The number of amides is 1. The van der Waals surface area contributed by atoms with Gasteiger partial charge in [-0.25, -0.2) is 4.98 Å². The predicted octanol–water partition coefficient (Wildman–Crippen LogP) is 2.17. The number of carbonyl (C=O) groups excluding carboxylic acids is 1. The minimum Gasteiger partial charge on any atom is -0.348 e. The van der Waals surface area contributed by atoms with Crippen LogP contribution in [0.2, 0.25) is 0 Å². The average molecular weight is 333 g/mol. The molecule has 7 heteroatoms. The first kappa shape index (κ1) is 16.0. The van der Waals surface area contributed by atoms with Crippen molar-refractivity contribution in [3.8, 4) is 0 Å². The molecule has 2 aromatic heterocycles. The van der Waals surface area contributed by atoms with E-state index in [0.717, 1.165) is 37.6 Å². The highest BCUT2D eigenvalue weighted by molar-refractivity contribution is 7.15. The van der Waals surface area contributed by atoms with Crippen LogP contribution in [0.5, 0.6) is 0 Å². The SMILES string of the molecule is Cc1cnc(N2CCC(CN(C)C(=O)c3cnn(C)c3)CC2)s1. The number of thiazole rings is 1. The van der Waals surface area contributed by atoms with Gasteiger partial charge in [-0.1, -0.05) is 0 Å². The van der Waals surface area contributed by atoms with Crippen molar-refractivity contribution in [1.82, 2.24) is 19.7 Å². The van der Waals surface area contributed by atoms with Crippen molar-refractivity contribution in [1.29, 1.82) is 0 Å². The largest absolute Gasteiger partial charge is 0.348 e. The zero-order valence-corrected chi connectivity index (χ0v) is 14.7. The Labute approximate surface area is 140 Å². The van der Waals surface area contributed by atoms with Gasteiger partial charge in [0.05, 0.1) is 11.8 Å². The van der Waals surface area contributed by atoms with Crippen LogP contribution in [0.15, 0.2) is 18.6 Å². The van der Waals surface area contributed by atoms with E-state index in [1.165, 1.54) is 4.88 Å². The maximum atomic E-state index is 12.4. The molecule has 0 N–H and O–H groups in total. The first-order chi connectivity index (χ1) is 11.0. The molecule has 3 rings (SSSR count). The molecule has 2 aromatic rings. The maximum absolute atomic E-state index is 12.4. The summed E-state index contributed by atoms with van der Waals surface area (Å²) in [6.45, 7) is 4.93. The molecule has 23 heavy (non-hydrogen) atoms. The summed E-state index contributed by atoms with van der Waals surface area (Å²) in [5, 5.41) is 5.19. The normalized spacial score (nSPS) is 15.9. The number of piperidine rings is 1. The Kier molecular flexibility index (Phi) is 4.66. The highest BCUT2D eigenvalue weighted by atomic mass is 32.1. The lowest BCUT2D eigenvalue weighted by atomic mass is 9.96. The van der Waals surface area contributed by atoms with Crippen LogP contribution in [0, 0.1) is 12.8 Å². The maximum Gasteiger partial charge on any atom is 0.256 e. The van der Waals surface area contributed by atoms with E-state index in [0.29, 0.717) is 11.5 Å². The fourth-order valence-electron chi connectivity index (χ4n) is 3.02. The molecule has 0 aromatic carbocycles. The third-order valence-corrected chi connectivity index (χ3v) is 5.30. The van der Waals surface area contributed by atoms with Crippen LogP contribution in [0.1, 0.15) is 28.1 Å². The van der Waals surface area contributed by atoms with Crippen molar-refractivity contribution in [3.05, 3.63) is 29.0 Å². The Morgan fingerprint density at radius 3 is 2.70 bits per heavy atom. The molecule has 0 unspecified atom stereocenters. The Morgan fingerprint density at radius 2 is 2.13 bits per heavy atom. The molecule has 1 aliphatic rings. The molecule has 0 atom stereocenters. The molecule has 0 spiro atoms. The number of hydrogen-bond acceptors (Lipinski definition) is 5. The monoisotopic (exact) mass is 333 g/mol. The van der Waals surface area contributed by atoms with Crippen LogP contribution in [-0.4, -0.2) is 52.3 Å². The van der Waals surface area contributed by atoms with Crippen LogP contribution in [0.25, 0.3) is 0 Å². The minimum absolute atomic E-state index is 0.0519. The fourth-order valence-corrected chi connectivity index (χ4v) is 3.83. The number of aromatic nitrogens is 3. The number of anilines is 1. The van der Waals surface area contributed by atoms with Gasteiger partial charge >= 0.3 is 0 Å². The Bertz CT molecular complexity index is 672. The topological polar surface area (TPSA) is 54.3 Å². The van der Waals surface area contributed by atoms with Crippen molar-refractivity contribution in [2.45, 2.75) is 19.8 Å². The lowest BCUT2D eigenvalue weighted by molar-refractivity contribution is 0.0765. The molecule has 1 saturated heterocycles. The lowest BCUT2D eigenvalue weighted by Crippen LogP contribution is -2.39. The lowest BCUT2D eigenvalue weighted by Gasteiger charge is -2.33. The van der Waals surface area contributed by atoms with Gasteiger partial charge in [-0.05, 0) is 25.7 Å². The summed E-state index contributed by atoms with van der Waals surface area (Å²) >= 11 is 1.75. The van der Waals surface area contributed by atoms with Crippen LogP contribution in [0.3, 0.4) is 0 Å². The second kappa shape index (κ2) is 6.70. The highest BCUT2D eigenvalue weighted by Crippen LogP contribution is 2.27. The Balaban J connectivity index is 1.51. The van der Waals surface area contributed by atoms with E-state index in [1.807, 2.05) is 25.2 Å². The predicted molar refractivity (Wildman–Crippen MR) is 92.0 cm³/mol. The summed E-state index contributed by atoms with van der Waals surface area (Å²) in [5.41, 5.74) is 0.658. The fraction of sp³-hybridized carbons (Fsp3) is 0.562. The number of aryl methyl sites for hydroxylation is 2. The van der Waals surface area contributed by atoms with Gasteiger partial charge in [0.2, 0.25) is 0 Å². The van der Waals surface area contributed by atoms with Crippen LogP contribution >= 0.6 is 11.3 Å². The number of rotatable bonds is 4. The first-order valence-corrected chi connectivity index (χ1v) is 8.76. The van der Waals surface area contributed by atoms with E-state index in [9.17, 15) is 4.79 Å². The molecule has 1 aliphatic heterocycles. The van der Waals surface area contributed by atoms with Gasteiger partial charge < -0.3 is 9.80 Å². The molecular formula is C16H23N5OS. The zero-order chi connectivity index (χ0) is 16.4. The van der Waals surface area contributed by atoms with Gasteiger partial charge in [0.15, 0.2) is 5.13 Å². The molecular weight excluding hydrogens is 310 g/mol. The Morgan fingerprint density at radius 1 is 1.39 bits per heavy atom. The zero-order valence-electron chi connectivity index (χ0n) is 13.9. The third-order valence-electron chi connectivity index (χ3n) is 4.32. The summed E-state index contributed by atoms with van der Waals surface area (Å²) in [4.78, 5) is 22.3. The summed E-state index contributed by atoms with van der Waals surface area (Å²) in [5.74, 6) is 0.606. The second-order valence-electron chi connectivity index (χ2n) is 6.27. The van der Waals surface area contributed by atoms with E-state index in [2.05, 4.69) is 21.9 Å². The second-order valence-corrected chi connectivity index (χ2v) is 7.49. The van der Waals surface area contributed by atoms with Gasteiger partial charge in [-0.3, -0.25) is 9.48 Å². The number of carbonyl (C=O) groups is 1. The molecule has 0 saturated carbocycles. The van der Waals surface area contributed by atoms with Gasteiger partial charge in [0.1, 0.15) is 0 Å². The van der Waals surface area contributed by atoms with Gasteiger partial charge in [-0.15, -0.1) is 11.3 Å². The van der Waals surface area contributed by atoms with E-state index in [-0.39, 0.29) is 5.91 Å². The average Bonchev–Trinajstić information content (AvgIpc) is 3.16. The molecule has 3 heterocycles. The smallest absolute Gasteiger partial charge is 0.256 e. The van der Waals surface area contributed by atoms with E-state index >= 15 is 0 Å². The standard InChI is InChI=1S/C16H23N5OS/c1-12-8-17-16(23-12)21-6-4-13(5-7-21)10-19(2)15(22)14-9-18-20(3)11-14/h8-9,11,13H,4-7,10H2,1-3H3. The van der Waals surface area contributed by atoms with E-state index in [4.69, 9.17) is 0 Å². The molecule has 1 fully saturated rings. The van der Waals surface area contributed by atoms with Gasteiger partial charge in [0.25, 0.3) is 5.91 Å². The van der Waals surface area contributed by atoms with Gasteiger partial charge in [-0.2, -0.15) is 5.10 Å². The van der Waals surface area contributed by atoms with Crippen LogP contribution in [-0.2, 0) is 7.05 Å². The van der Waals surface area contributed by atoms with Crippen molar-refractivity contribution in [2.75, 3.05) is 31.6 Å². The highest BCUT2D eigenvalue weighted by Gasteiger charge is 2.24.